The Kier molecular flexibility index (Phi) is 4.30. The number of hydrogen-bond donors (Lipinski definition) is 1. The van der Waals surface area contributed by atoms with Gasteiger partial charge in [0.05, 0.1) is 17.1 Å². The Labute approximate surface area is 103 Å². The highest BCUT2D eigenvalue weighted by molar-refractivity contribution is 7.89. The highest BCUT2D eigenvalue weighted by atomic mass is 32.2. The molecular weight excluding hydrogens is 238 g/mol. The number of hydrogen-bond acceptors (Lipinski definition) is 3. The second-order valence-corrected chi connectivity index (χ2v) is 6.46. The van der Waals surface area contributed by atoms with E-state index in [1.54, 1.807) is 12.1 Å². The normalized spacial score (nSPS) is 12.7. The first-order valence-corrected chi connectivity index (χ1v) is 6.99. The number of nitrogens with two attached hydrogens (primary N) is 1. The van der Waals surface area contributed by atoms with Crippen LogP contribution in [-0.2, 0) is 21.2 Å². The molecule has 0 aromatic heterocycles. The third-order valence-corrected chi connectivity index (χ3v) is 3.11. The maximum Gasteiger partial charge on any atom is 0.238 e. The van der Waals surface area contributed by atoms with E-state index in [1.165, 1.54) is 12.1 Å². The van der Waals surface area contributed by atoms with Crippen molar-refractivity contribution in [2.24, 2.45) is 5.14 Å². The number of rotatable bonds is 4. The summed E-state index contributed by atoms with van der Waals surface area (Å²) in [4.78, 5) is 0.137. The minimum Gasteiger partial charge on any atom is -0.376 e. The average molecular weight is 257 g/mol. The van der Waals surface area contributed by atoms with Crippen LogP contribution in [0.3, 0.4) is 0 Å². The first-order chi connectivity index (χ1) is 7.68. The Morgan fingerprint density at radius 2 is 1.71 bits per heavy atom. The van der Waals surface area contributed by atoms with Gasteiger partial charge in [-0.1, -0.05) is 12.1 Å². The lowest BCUT2D eigenvalue weighted by atomic mass is 10.1. The molecule has 0 aliphatic carbocycles. The molecule has 5 heteroatoms. The highest BCUT2D eigenvalue weighted by Gasteiger charge is 2.10. The zero-order chi connectivity index (χ0) is 13.1. The van der Waals surface area contributed by atoms with E-state index >= 15 is 0 Å². The van der Waals surface area contributed by atoms with Crippen molar-refractivity contribution >= 4 is 10.0 Å². The summed E-state index contributed by atoms with van der Waals surface area (Å²) in [7, 11) is -3.59. The molecule has 0 bridgehead atoms. The van der Waals surface area contributed by atoms with Gasteiger partial charge in [0.25, 0.3) is 0 Å². The first kappa shape index (κ1) is 14.2. The standard InChI is InChI=1S/C12H19NO3S/c1-12(2,3)16-9-8-10-4-6-11(7-5-10)17(13,14)15/h4-7H,8-9H2,1-3H3,(H2,13,14,15). The van der Waals surface area contributed by atoms with Crippen molar-refractivity contribution in [1.29, 1.82) is 0 Å². The van der Waals surface area contributed by atoms with Gasteiger partial charge in [0.2, 0.25) is 10.0 Å². The average Bonchev–Trinajstić information content (AvgIpc) is 2.15. The maximum atomic E-state index is 11.0. The smallest absolute Gasteiger partial charge is 0.238 e. The van der Waals surface area contributed by atoms with Crippen molar-refractivity contribution < 1.29 is 13.2 Å². The SMILES string of the molecule is CC(C)(C)OCCc1ccc(S(N)(=O)=O)cc1. The van der Waals surface area contributed by atoms with Crippen molar-refractivity contribution in [3.8, 4) is 0 Å². The topological polar surface area (TPSA) is 69.4 Å². The van der Waals surface area contributed by atoms with Crippen LogP contribution in [0.2, 0.25) is 0 Å². The Morgan fingerprint density at radius 3 is 2.12 bits per heavy atom. The minimum atomic E-state index is -3.59. The lowest BCUT2D eigenvalue weighted by Crippen LogP contribution is -2.20. The van der Waals surface area contributed by atoms with E-state index in [0.717, 1.165) is 12.0 Å². The van der Waals surface area contributed by atoms with Crippen LogP contribution in [-0.4, -0.2) is 20.6 Å². The molecular formula is C12H19NO3S. The molecule has 17 heavy (non-hydrogen) atoms. The molecule has 0 spiro atoms. The molecule has 0 saturated heterocycles. The second kappa shape index (κ2) is 5.16. The molecule has 0 saturated carbocycles. The molecule has 0 aliphatic rings. The summed E-state index contributed by atoms with van der Waals surface area (Å²) in [6.45, 7) is 6.60. The molecule has 1 rings (SSSR count). The summed E-state index contributed by atoms with van der Waals surface area (Å²) in [5.74, 6) is 0. The summed E-state index contributed by atoms with van der Waals surface area (Å²) in [5.41, 5.74) is 0.877. The summed E-state index contributed by atoms with van der Waals surface area (Å²) < 4.78 is 27.7. The fourth-order valence-electron chi connectivity index (χ4n) is 1.32. The zero-order valence-corrected chi connectivity index (χ0v) is 11.3. The van der Waals surface area contributed by atoms with Crippen LogP contribution in [0.1, 0.15) is 26.3 Å². The van der Waals surface area contributed by atoms with Gasteiger partial charge in [-0.05, 0) is 44.9 Å². The van der Waals surface area contributed by atoms with Gasteiger partial charge in [0, 0.05) is 0 Å². The van der Waals surface area contributed by atoms with Crippen molar-refractivity contribution in [3.63, 3.8) is 0 Å². The van der Waals surface area contributed by atoms with Crippen LogP contribution in [0.15, 0.2) is 29.2 Å². The number of primary sulfonamides is 1. The summed E-state index contributed by atoms with van der Waals surface area (Å²) in [6.07, 6.45) is 0.752. The van der Waals surface area contributed by atoms with Crippen molar-refractivity contribution in [2.75, 3.05) is 6.61 Å². The van der Waals surface area contributed by atoms with E-state index in [1.807, 2.05) is 20.8 Å². The third kappa shape index (κ3) is 5.30. The van der Waals surface area contributed by atoms with E-state index < -0.39 is 10.0 Å². The van der Waals surface area contributed by atoms with Crippen molar-refractivity contribution in [2.45, 2.75) is 37.7 Å². The maximum absolute atomic E-state index is 11.0. The van der Waals surface area contributed by atoms with Gasteiger partial charge < -0.3 is 4.74 Å². The van der Waals surface area contributed by atoms with Crippen molar-refractivity contribution in [1.82, 2.24) is 0 Å². The lowest BCUT2D eigenvalue weighted by Gasteiger charge is -2.19. The summed E-state index contributed by atoms with van der Waals surface area (Å²) in [6, 6.07) is 6.54. The van der Waals surface area contributed by atoms with E-state index in [4.69, 9.17) is 9.88 Å². The Hall–Kier alpha value is -0.910. The molecule has 1 aromatic rings. The van der Waals surface area contributed by atoms with E-state index in [2.05, 4.69) is 0 Å². The first-order valence-electron chi connectivity index (χ1n) is 5.44. The monoisotopic (exact) mass is 257 g/mol. The number of ether oxygens (including phenoxy) is 1. The molecule has 4 nitrogen and oxygen atoms in total. The van der Waals surface area contributed by atoms with Crippen LogP contribution in [0, 0.1) is 0 Å². The molecule has 0 heterocycles. The molecule has 0 amide bonds. The second-order valence-electron chi connectivity index (χ2n) is 4.90. The van der Waals surface area contributed by atoms with Gasteiger partial charge in [0.15, 0.2) is 0 Å². The van der Waals surface area contributed by atoms with Gasteiger partial charge in [-0.3, -0.25) is 0 Å². The molecule has 96 valence electrons. The molecule has 0 fully saturated rings. The van der Waals surface area contributed by atoms with Crippen LogP contribution < -0.4 is 5.14 Å². The Morgan fingerprint density at radius 1 is 1.18 bits per heavy atom. The Balaban J connectivity index is 2.58. The van der Waals surface area contributed by atoms with Gasteiger partial charge in [-0.25, -0.2) is 13.6 Å². The van der Waals surface area contributed by atoms with Gasteiger partial charge in [-0.15, -0.1) is 0 Å². The van der Waals surface area contributed by atoms with Crippen LogP contribution in [0.25, 0.3) is 0 Å². The van der Waals surface area contributed by atoms with Gasteiger partial charge >= 0.3 is 0 Å². The Bertz CT molecular complexity index is 458. The predicted octanol–water partition coefficient (Wildman–Crippen LogP) is 1.69. The molecule has 0 radical (unpaired) electrons. The fraction of sp³-hybridized carbons (Fsp3) is 0.500. The summed E-state index contributed by atoms with van der Waals surface area (Å²) >= 11 is 0. The van der Waals surface area contributed by atoms with Gasteiger partial charge in [0.1, 0.15) is 0 Å². The van der Waals surface area contributed by atoms with Gasteiger partial charge in [-0.2, -0.15) is 0 Å². The number of benzene rings is 1. The highest BCUT2D eigenvalue weighted by Crippen LogP contribution is 2.11. The molecule has 0 aliphatic heterocycles. The van der Waals surface area contributed by atoms with E-state index in [9.17, 15) is 8.42 Å². The molecule has 2 N–H and O–H groups in total. The zero-order valence-electron chi connectivity index (χ0n) is 10.4. The molecule has 0 unspecified atom stereocenters. The molecule has 0 atom stereocenters. The van der Waals surface area contributed by atoms with Crippen LogP contribution in [0.5, 0.6) is 0 Å². The molecule has 1 aromatic carbocycles. The summed E-state index contributed by atoms with van der Waals surface area (Å²) in [5, 5.41) is 5.01. The van der Waals surface area contributed by atoms with Crippen molar-refractivity contribution in [3.05, 3.63) is 29.8 Å². The third-order valence-electron chi connectivity index (χ3n) is 2.18. The fourth-order valence-corrected chi connectivity index (χ4v) is 1.84. The van der Waals surface area contributed by atoms with E-state index in [0.29, 0.717) is 6.61 Å². The van der Waals surface area contributed by atoms with Crippen LogP contribution in [0.4, 0.5) is 0 Å². The lowest BCUT2D eigenvalue weighted by molar-refractivity contribution is -0.000979. The predicted molar refractivity (Wildman–Crippen MR) is 67.2 cm³/mol. The number of sulfonamides is 1. The largest absolute Gasteiger partial charge is 0.376 e. The van der Waals surface area contributed by atoms with E-state index in [-0.39, 0.29) is 10.5 Å². The van der Waals surface area contributed by atoms with Crippen LogP contribution >= 0.6 is 0 Å². The quantitative estimate of drug-likeness (QED) is 0.892. The minimum absolute atomic E-state index is 0.137.